The number of hydrogen-bond acceptors (Lipinski definition) is 3. The van der Waals surface area contributed by atoms with Gasteiger partial charge in [-0.05, 0) is 33.7 Å². The Balaban J connectivity index is 2.53. The van der Waals surface area contributed by atoms with Crippen LogP contribution in [0.4, 0.5) is 0 Å². The van der Waals surface area contributed by atoms with Crippen molar-refractivity contribution < 1.29 is 9.59 Å². The van der Waals surface area contributed by atoms with Crippen molar-refractivity contribution in [2.45, 2.75) is 33.2 Å². The molecule has 1 aliphatic rings. The van der Waals surface area contributed by atoms with Crippen molar-refractivity contribution in [3.05, 3.63) is 0 Å². The van der Waals surface area contributed by atoms with E-state index in [2.05, 4.69) is 10.6 Å². The molecule has 0 aromatic carbocycles. The summed E-state index contributed by atoms with van der Waals surface area (Å²) < 4.78 is 0. The molecule has 2 unspecified atom stereocenters. The highest BCUT2D eigenvalue weighted by Crippen LogP contribution is 2.24. The Hall–Kier alpha value is -1.10. The number of hydrogen-bond donors (Lipinski definition) is 2. The highest BCUT2D eigenvalue weighted by atomic mass is 16.2. The molecule has 2 N–H and O–H groups in total. The molecule has 98 valence electrons. The quantitative estimate of drug-likeness (QED) is 0.726. The maximum atomic E-state index is 12.1. The Kier molecular flexibility index (Phi) is 4.51. The van der Waals surface area contributed by atoms with Crippen molar-refractivity contribution >= 4 is 11.8 Å². The minimum atomic E-state index is -0.454. The summed E-state index contributed by atoms with van der Waals surface area (Å²) in [6.07, 6.45) is 0.823. The predicted molar refractivity (Wildman–Crippen MR) is 66.5 cm³/mol. The van der Waals surface area contributed by atoms with Crippen LogP contribution in [-0.4, -0.2) is 49.4 Å². The van der Waals surface area contributed by atoms with Gasteiger partial charge in [-0.1, -0.05) is 0 Å². The van der Waals surface area contributed by atoms with Gasteiger partial charge < -0.3 is 15.5 Å². The van der Waals surface area contributed by atoms with E-state index >= 15 is 0 Å². The fourth-order valence-electron chi connectivity index (χ4n) is 1.93. The fourth-order valence-corrected chi connectivity index (χ4v) is 1.93. The zero-order chi connectivity index (χ0) is 13.1. The molecule has 0 saturated carbocycles. The second-order valence-electron chi connectivity index (χ2n) is 5.04. The van der Waals surface area contributed by atoms with Gasteiger partial charge >= 0.3 is 0 Å². The molecule has 0 bridgehead atoms. The molecular formula is C12H23N3O2. The Bertz CT molecular complexity index is 298. The molecule has 1 heterocycles. The third-order valence-corrected chi connectivity index (χ3v) is 3.49. The largest absolute Gasteiger partial charge is 0.344 e. The van der Waals surface area contributed by atoms with Gasteiger partial charge in [-0.2, -0.15) is 0 Å². The summed E-state index contributed by atoms with van der Waals surface area (Å²) >= 11 is 0. The molecule has 0 aromatic heterocycles. The van der Waals surface area contributed by atoms with Crippen molar-refractivity contribution in [2.24, 2.45) is 5.41 Å². The molecule has 1 aliphatic heterocycles. The van der Waals surface area contributed by atoms with Crippen molar-refractivity contribution in [2.75, 3.05) is 26.7 Å². The number of carbonyl (C=O) groups is 2. The highest BCUT2D eigenvalue weighted by molar-refractivity contribution is 5.89. The average molecular weight is 241 g/mol. The van der Waals surface area contributed by atoms with Crippen molar-refractivity contribution in [3.63, 3.8) is 0 Å². The normalized spacial score (nSPS) is 25.4. The average Bonchev–Trinajstić information content (AvgIpc) is 2.75. The lowest BCUT2D eigenvalue weighted by molar-refractivity contribution is -0.137. The van der Waals surface area contributed by atoms with Gasteiger partial charge in [0.2, 0.25) is 11.8 Å². The van der Waals surface area contributed by atoms with Crippen LogP contribution >= 0.6 is 0 Å². The summed E-state index contributed by atoms with van der Waals surface area (Å²) in [6.45, 7) is 7.78. The molecule has 0 aliphatic carbocycles. The van der Waals surface area contributed by atoms with E-state index in [1.54, 1.807) is 18.9 Å². The van der Waals surface area contributed by atoms with Crippen molar-refractivity contribution in [1.82, 2.24) is 15.5 Å². The van der Waals surface area contributed by atoms with E-state index in [-0.39, 0.29) is 17.2 Å². The molecule has 1 fully saturated rings. The van der Waals surface area contributed by atoms with Gasteiger partial charge in [-0.15, -0.1) is 0 Å². The van der Waals surface area contributed by atoms with E-state index in [9.17, 15) is 9.59 Å². The summed E-state index contributed by atoms with van der Waals surface area (Å²) in [5, 5.41) is 5.98. The van der Waals surface area contributed by atoms with Gasteiger partial charge in [0.15, 0.2) is 0 Å². The minimum absolute atomic E-state index is 0.0344. The Morgan fingerprint density at radius 3 is 2.65 bits per heavy atom. The Morgan fingerprint density at radius 2 is 2.18 bits per heavy atom. The first-order valence-corrected chi connectivity index (χ1v) is 6.17. The second-order valence-corrected chi connectivity index (χ2v) is 5.04. The standard InChI is InChI=1S/C12H23N3O2/c1-5-15(4)10(16)9(2)14-11(17)12(3)6-7-13-8-12/h9,13H,5-8H2,1-4H3,(H,14,17). The maximum absolute atomic E-state index is 12.1. The van der Waals surface area contributed by atoms with E-state index in [0.29, 0.717) is 13.1 Å². The van der Waals surface area contributed by atoms with Crippen molar-refractivity contribution in [1.29, 1.82) is 0 Å². The lowest BCUT2D eigenvalue weighted by atomic mass is 9.88. The van der Waals surface area contributed by atoms with Crippen LogP contribution in [-0.2, 0) is 9.59 Å². The third-order valence-electron chi connectivity index (χ3n) is 3.49. The van der Waals surface area contributed by atoms with E-state index in [0.717, 1.165) is 13.0 Å². The maximum Gasteiger partial charge on any atom is 0.244 e. The number of nitrogens with one attached hydrogen (secondary N) is 2. The first kappa shape index (κ1) is 14.0. The van der Waals surface area contributed by atoms with Crippen LogP contribution in [0.5, 0.6) is 0 Å². The zero-order valence-electron chi connectivity index (χ0n) is 11.2. The smallest absolute Gasteiger partial charge is 0.244 e. The van der Waals surface area contributed by atoms with Crippen LogP contribution in [0.15, 0.2) is 0 Å². The van der Waals surface area contributed by atoms with Gasteiger partial charge in [0.25, 0.3) is 0 Å². The van der Waals surface area contributed by atoms with E-state index in [1.165, 1.54) is 0 Å². The summed E-state index contributed by atoms with van der Waals surface area (Å²) in [7, 11) is 1.74. The molecule has 2 amide bonds. The van der Waals surface area contributed by atoms with Crippen LogP contribution in [0.25, 0.3) is 0 Å². The van der Waals surface area contributed by atoms with Crippen molar-refractivity contribution in [3.8, 4) is 0 Å². The van der Waals surface area contributed by atoms with Crippen LogP contribution in [0.3, 0.4) is 0 Å². The molecule has 0 spiro atoms. The van der Waals surface area contributed by atoms with E-state index in [1.807, 2.05) is 13.8 Å². The molecule has 0 radical (unpaired) electrons. The number of carbonyl (C=O) groups excluding carboxylic acids is 2. The van der Waals surface area contributed by atoms with Crippen LogP contribution in [0.1, 0.15) is 27.2 Å². The van der Waals surface area contributed by atoms with E-state index in [4.69, 9.17) is 0 Å². The Labute approximate surface area is 103 Å². The lowest BCUT2D eigenvalue weighted by Gasteiger charge is -2.26. The SMILES string of the molecule is CCN(C)C(=O)C(C)NC(=O)C1(C)CCNC1. The molecular weight excluding hydrogens is 218 g/mol. The highest BCUT2D eigenvalue weighted by Gasteiger charge is 2.37. The van der Waals surface area contributed by atoms with E-state index < -0.39 is 6.04 Å². The number of likely N-dealkylation sites (N-methyl/N-ethyl adjacent to an activating group) is 1. The first-order chi connectivity index (χ1) is 7.90. The Morgan fingerprint density at radius 1 is 1.53 bits per heavy atom. The van der Waals surface area contributed by atoms with Gasteiger partial charge in [-0.25, -0.2) is 0 Å². The molecule has 17 heavy (non-hydrogen) atoms. The number of amides is 2. The van der Waals surface area contributed by atoms with Crippen LogP contribution in [0, 0.1) is 5.41 Å². The molecule has 0 aromatic rings. The minimum Gasteiger partial charge on any atom is -0.344 e. The zero-order valence-corrected chi connectivity index (χ0v) is 11.2. The van der Waals surface area contributed by atoms with Gasteiger partial charge in [-0.3, -0.25) is 9.59 Å². The van der Waals surface area contributed by atoms with Gasteiger partial charge in [0.1, 0.15) is 6.04 Å². The number of rotatable bonds is 4. The fraction of sp³-hybridized carbons (Fsp3) is 0.833. The number of nitrogens with zero attached hydrogens (tertiary/aromatic N) is 1. The summed E-state index contributed by atoms with van der Waals surface area (Å²) in [5.41, 5.74) is -0.376. The van der Waals surface area contributed by atoms with Crippen LogP contribution < -0.4 is 10.6 Å². The topological polar surface area (TPSA) is 61.4 Å². The third kappa shape index (κ3) is 3.19. The monoisotopic (exact) mass is 241 g/mol. The molecule has 5 nitrogen and oxygen atoms in total. The molecule has 1 saturated heterocycles. The predicted octanol–water partition coefficient (Wildman–Crippen LogP) is -0.0310. The summed E-state index contributed by atoms with van der Waals surface area (Å²) in [4.78, 5) is 25.5. The van der Waals surface area contributed by atoms with Gasteiger partial charge in [0.05, 0.1) is 5.41 Å². The summed E-state index contributed by atoms with van der Waals surface area (Å²) in [5.74, 6) is -0.0803. The molecule has 2 atom stereocenters. The molecule has 1 rings (SSSR count). The molecule has 5 heteroatoms. The van der Waals surface area contributed by atoms with Gasteiger partial charge in [0, 0.05) is 20.1 Å². The second kappa shape index (κ2) is 5.49. The lowest BCUT2D eigenvalue weighted by Crippen LogP contribution is -2.50. The summed E-state index contributed by atoms with van der Waals surface area (Å²) in [6, 6.07) is -0.454. The first-order valence-electron chi connectivity index (χ1n) is 6.17. The van der Waals surface area contributed by atoms with Crippen LogP contribution in [0.2, 0.25) is 0 Å².